The number of rotatable bonds is 14. The van der Waals surface area contributed by atoms with E-state index in [1.807, 2.05) is 50.2 Å². The van der Waals surface area contributed by atoms with Crippen molar-refractivity contribution in [1.82, 2.24) is 10.2 Å². The van der Waals surface area contributed by atoms with Gasteiger partial charge in [0.1, 0.15) is 15.9 Å². The highest BCUT2D eigenvalue weighted by molar-refractivity contribution is 7.90. The van der Waals surface area contributed by atoms with E-state index in [9.17, 15) is 23.1 Å². The molecule has 270 valence electrons. The molecule has 1 unspecified atom stereocenters. The van der Waals surface area contributed by atoms with Crippen molar-refractivity contribution in [3.8, 4) is 11.1 Å². The molecule has 1 heterocycles. The van der Waals surface area contributed by atoms with E-state index in [4.69, 9.17) is 4.74 Å². The number of ether oxygens (including phenoxy) is 3. The van der Waals surface area contributed by atoms with Crippen LogP contribution in [-0.2, 0) is 35.4 Å². The van der Waals surface area contributed by atoms with Crippen LogP contribution in [0.3, 0.4) is 0 Å². The Balaban J connectivity index is 0.00000105. The van der Waals surface area contributed by atoms with E-state index >= 15 is 0 Å². The van der Waals surface area contributed by atoms with Gasteiger partial charge in [0.05, 0.1) is 12.4 Å². The number of carbonyl (C=O) groups is 2. The summed E-state index contributed by atoms with van der Waals surface area (Å²) in [5.74, 6) is -1.43. The summed E-state index contributed by atoms with van der Waals surface area (Å²) in [6, 6.07) is 12.6. The first-order chi connectivity index (χ1) is 22.9. The first kappa shape index (κ1) is 41.3. The Morgan fingerprint density at radius 1 is 0.979 bits per heavy atom. The minimum Gasteiger partial charge on any atom is -0.480 e. The Bertz CT molecular complexity index is 1360. The Morgan fingerprint density at radius 3 is 2.25 bits per heavy atom. The van der Waals surface area contributed by atoms with Crippen LogP contribution in [0.1, 0.15) is 79.8 Å². The quantitative estimate of drug-likeness (QED) is 0.254. The molecular formula is C37H58N2O8S. The molecule has 1 saturated heterocycles. The van der Waals surface area contributed by atoms with Gasteiger partial charge in [-0.3, -0.25) is 9.69 Å². The Kier molecular flexibility index (Phi) is 18.9. The van der Waals surface area contributed by atoms with E-state index in [1.54, 1.807) is 27.4 Å². The average Bonchev–Trinajstić information content (AvgIpc) is 3.50. The number of benzene rings is 2. The smallest absolute Gasteiger partial charge is 0.326 e. The van der Waals surface area contributed by atoms with Crippen molar-refractivity contribution < 1.29 is 37.3 Å². The summed E-state index contributed by atoms with van der Waals surface area (Å²) >= 11 is 0. The van der Waals surface area contributed by atoms with Crippen LogP contribution < -0.4 is 5.32 Å². The Hall–Kier alpha value is -2.83. The zero-order chi connectivity index (χ0) is 35.5. The number of hydrogen-bond acceptors (Lipinski definition) is 8. The molecule has 2 aliphatic rings. The summed E-state index contributed by atoms with van der Waals surface area (Å²) in [6.07, 6.45) is 9.64. The van der Waals surface area contributed by atoms with Crippen molar-refractivity contribution in [2.75, 3.05) is 59.7 Å². The van der Waals surface area contributed by atoms with Gasteiger partial charge < -0.3 is 24.6 Å². The lowest BCUT2D eigenvalue weighted by Crippen LogP contribution is -2.42. The van der Waals surface area contributed by atoms with Crippen LogP contribution in [0.2, 0.25) is 0 Å². The van der Waals surface area contributed by atoms with Crippen molar-refractivity contribution in [2.45, 2.75) is 83.8 Å². The number of aryl methyl sites for hydroxylation is 1. The fourth-order valence-electron chi connectivity index (χ4n) is 6.06. The van der Waals surface area contributed by atoms with Gasteiger partial charge >= 0.3 is 5.97 Å². The largest absolute Gasteiger partial charge is 0.480 e. The maximum Gasteiger partial charge on any atom is 0.326 e. The number of sulfone groups is 1. The zero-order valence-corrected chi connectivity index (χ0v) is 30.6. The van der Waals surface area contributed by atoms with Crippen molar-refractivity contribution in [2.24, 2.45) is 5.92 Å². The molecule has 0 radical (unpaired) electrons. The summed E-state index contributed by atoms with van der Waals surface area (Å²) < 4.78 is 38.2. The number of carbonyl (C=O) groups excluding carboxylic acids is 1. The summed E-state index contributed by atoms with van der Waals surface area (Å²) in [6.45, 7) is 8.10. The lowest BCUT2D eigenvalue weighted by atomic mass is 9.90. The molecule has 0 aromatic heterocycles. The number of hydrogen-bond donors (Lipinski definition) is 2. The van der Waals surface area contributed by atoms with Gasteiger partial charge in [-0.1, -0.05) is 49.6 Å². The van der Waals surface area contributed by atoms with Crippen LogP contribution in [0.4, 0.5) is 0 Å². The second-order valence-corrected chi connectivity index (χ2v) is 15.0. The van der Waals surface area contributed by atoms with Crippen LogP contribution in [0, 0.1) is 12.8 Å². The standard InChI is InChI=1S/C32H44N2O6S.C3H8O.C2H6O/c1-23-9-6-7-13-27(23)29-19-25(14-15-28(29)31(35)33-30(32(36)37)16-18-41(2,38)39)20-34-17-8-12-26(34)22-40-21-24-10-4-3-5-11-24;1-3-4-2;1-3-2/h6-7,9,13-15,19,24,26,30H,3-5,8,10-12,16-18,20-22H2,1-2H3,(H,33,35)(H,36,37);3H2,1-2H3;1-2H3/t26-,30?;;/m0../s1. The van der Waals surface area contributed by atoms with Gasteiger partial charge in [0.2, 0.25) is 0 Å². The molecule has 4 rings (SSSR count). The monoisotopic (exact) mass is 690 g/mol. The molecule has 2 fully saturated rings. The van der Waals surface area contributed by atoms with Gasteiger partial charge in [-0.2, -0.15) is 0 Å². The van der Waals surface area contributed by atoms with Gasteiger partial charge in [-0.25, -0.2) is 13.2 Å². The number of nitrogens with one attached hydrogen (secondary N) is 1. The average molecular weight is 691 g/mol. The number of carboxylic acids is 1. The first-order valence-corrected chi connectivity index (χ1v) is 19.1. The molecule has 11 heteroatoms. The second-order valence-electron chi connectivity index (χ2n) is 12.8. The van der Waals surface area contributed by atoms with Gasteiger partial charge in [0, 0.05) is 58.9 Å². The van der Waals surface area contributed by atoms with E-state index in [0.29, 0.717) is 17.5 Å². The van der Waals surface area contributed by atoms with Crippen molar-refractivity contribution in [3.63, 3.8) is 0 Å². The van der Waals surface area contributed by atoms with E-state index in [1.165, 1.54) is 32.1 Å². The van der Waals surface area contributed by atoms with Crippen LogP contribution in [0.5, 0.6) is 0 Å². The van der Waals surface area contributed by atoms with Crippen molar-refractivity contribution in [1.29, 1.82) is 0 Å². The lowest BCUT2D eigenvalue weighted by Gasteiger charge is -2.27. The van der Waals surface area contributed by atoms with Crippen LogP contribution in [0.15, 0.2) is 42.5 Å². The molecule has 0 bridgehead atoms. The number of carboxylic acid groups (broad SMARTS) is 1. The van der Waals surface area contributed by atoms with Crippen LogP contribution in [-0.4, -0.2) is 102 Å². The normalized spacial score (nSPS) is 17.4. The summed E-state index contributed by atoms with van der Waals surface area (Å²) in [7, 11) is 1.56. The number of amides is 1. The molecule has 2 atom stereocenters. The molecule has 0 spiro atoms. The zero-order valence-electron chi connectivity index (χ0n) is 29.8. The molecular weight excluding hydrogens is 632 g/mol. The second kappa shape index (κ2) is 22.0. The third kappa shape index (κ3) is 14.7. The SMILES string of the molecule is CCOC.COC.Cc1ccccc1-c1cc(CN2CCC[C@H]2COCC2CCCCC2)ccc1C(=O)NC(CCS(C)(=O)=O)C(=O)O. The van der Waals surface area contributed by atoms with Crippen LogP contribution in [0.25, 0.3) is 11.1 Å². The molecule has 2 N–H and O–H groups in total. The van der Waals surface area contributed by atoms with Crippen molar-refractivity contribution in [3.05, 3.63) is 59.2 Å². The summed E-state index contributed by atoms with van der Waals surface area (Å²) in [4.78, 5) is 27.7. The Morgan fingerprint density at radius 2 is 1.65 bits per heavy atom. The van der Waals surface area contributed by atoms with E-state index in [-0.39, 0.29) is 12.2 Å². The number of nitrogens with zero attached hydrogens (tertiary/aromatic N) is 1. The third-order valence-corrected chi connectivity index (χ3v) is 9.68. The molecule has 1 aliphatic heterocycles. The molecule has 10 nitrogen and oxygen atoms in total. The van der Waals surface area contributed by atoms with Gasteiger partial charge in [0.15, 0.2) is 0 Å². The lowest BCUT2D eigenvalue weighted by molar-refractivity contribution is -0.139. The maximum atomic E-state index is 13.4. The predicted molar refractivity (Wildman–Crippen MR) is 191 cm³/mol. The van der Waals surface area contributed by atoms with Gasteiger partial charge in [-0.05, 0) is 92.8 Å². The first-order valence-electron chi connectivity index (χ1n) is 17.0. The van der Waals surface area contributed by atoms with E-state index < -0.39 is 27.8 Å². The minimum absolute atomic E-state index is 0.198. The highest BCUT2D eigenvalue weighted by Gasteiger charge is 2.27. The maximum absolute atomic E-state index is 13.4. The minimum atomic E-state index is -3.37. The summed E-state index contributed by atoms with van der Waals surface area (Å²) in [5.41, 5.74) is 4.07. The van der Waals surface area contributed by atoms with Crippen molar-refractivity contribution >= 4 is 21.7 Å². The molecule has 48 heavy (non-hydrogen) atoms. The molecule has 1 amide bonds. The molecule has 1 saturated carbocycles. The predicted octanol–water partition coefficient (Wildman–Crippen LogP) is 5.76. The highest BCUT2D eigenvalue weighted by Crippen LogP contribution is 2.30. The fourth-order valence-corrected chi connectivity index (χ4v) is 6.73. The number of likely N-dealkylation sites (tertiary alicyclic amines) is 1. The molecule has 2 aromatic rings. The molecule has 1 aliphatic carbocycles. The van der Waals surface area contributed by atoms with Gasteiger partial charge in [0.25, 0.3) is 5.91 Å². The molecule has 2 aromatic carbocycles. The highest BCUT2D eigenvalue weighted by atomic mass is 32.2. The van der Waals surface area contributed by atoms with Crippen LogP contribution >= 0.6 is 0 Å². The number of methoxy groups -OCH3 is 2. The van der Waals surface area contributed by atoms with E-state index in [2.05, 4.69) is 19.7 Å². The Labute approximate surface area is 288 Å². The third-order valence-electron chi connectivity index (χ3n) is 8.71. The van der Waals surface area contributed by atoms with E-state index in [0.717, 1.165) is 74.3 Å². The summed E-state index contributed by atoms with van der Waals surface area (Å²) in [5, 5.41) is 12.2. The fraction of sp³-hybridized carbons (Fsp3) is 0.622. The van der Waals surface area contributed by atoms with Gasteiger partial charge in [-0.15, -0.1) is 0 Å². The topological polar surface area (TPSA) is 131 Å². The number of aliphatic carboxylic acids is 1.